The molecule has 0 radical (unpaired) electrons. The highest BCUT2D eigenvalue weighted by molar-refractivity contribution is 7.87. The molecule has 1 amide bonds. The van der Waals surface area contributed by atoms with Gasteiger partial charge in [-0.2, -0.15) is 8.42 Å². The third-order valence-electron chi connectivity index (χ3n) is 3.71. The van der Waals surface area contributed by atoms with Crippen LogP contribution in [0.15, 0.2) is 83.8 Å². The minimum absolute atomic E-state index is 0.0633. The Kier molecular flexibility index (Phi) is 5.52. The number of amides is 1. The highest BCUT2D eigenvalue weighted by Gasteiger charge is 2.21. The highest BCUT2D eigenvalue weighted by Crippen LogP contribution is 2.23. The molecule has 0 aliphatic carbocycles. The summed E-state index contributed by atoms with van der Waals surface area (Å²) in [6.07, 6.45) is 0. The van der Waals surface area contributed by atoms with Crippen molar-refractivity contribution in [3.05, 3.63) is 95.8 Å². The average Bonchev–Trinajstić information content (AvgIpc) is 2.67. The molecular weight excluding hydrogens is 369 g/mol. The Balaban J connectivity index is 1.80. The minimum Gasteiger partial charge on any atom is -0.378 e. The van der Waals surface area contributed by atoms with Crippen molar-refractivity contribution in [1.82, 2.24) is 5.32 Å². The molecule has 3 aromatic rings. The highest BCUT2D eigenvalue weighted by atomic mass is 32.2. The molecule has 0 aromatic heterocycles. The molecule has 0 heterocycles. The number of para-hydroxylation sites is 1. The zero-order chi connectivity index (χ0) is 19.3. The van der Waals surface area contributed by atoms with Gasteiger partial charge in [-0.05, 0) is 35.9 Å². The summed E-state index contributed by atoms with van der Waals surface area (Å²) in [6, 6.07) is 19.7. The number of hydrogen-bond donors (Lipinski definition) is 1. The third kappa shape index (κ3) is 4.71. The molecule has 27 heavy (non-hydrogen) atoms. The van der Waals surface area contributed by atoms with E-state index in [4.69, 9.17) is 4.18 Å². The molecule has 0 atom stereocenters. The van der Waals surface area contributed by atoms with Crippen molar-refractivity contribution >= 4 is 16.0 Å². The average molecular weight is 385 g/mol. The zero-order valence-electron chi connectivity index (χ0n) is 14.1. The van der Waals surface area contributed by atoms with E-state index in [9.17, 15) is 17.6 Å². The van der Waals surface area contributed by atoms with Crippen LogP contribution in [-0.4, -0.2) is 14.3 Å². The summed E-state index contributed by atoms with van der Waals surface area (Å²) in [5.41, 5.74) is 0.963. The van der Waals surface area contributed by atoms with Crippen LogP contribution in [0, 0.1) is 5.82 Å². The second kappa shape index (κ2) is 8.01. The second-order valence-electron chi connectivity index (χ2n) is 5.66. The number of benzene rings is 3. The Morgan fingerprint density at radius 1 is 0.926 bits per heavy atom. The van der Waals surface area contributed by atoms with Gasteiger partial charge in [0.25, 0.3) is 5.91 Å². The number of rotatable bonds is 6. The molecule has 0 saturated heterocycles. The zero-order valence-corrected chi connectivity index (χ0v) is 14.9. The summed E-state index contributed by atoms with van der Waals surface area (Å²) in [5, 5.41) is 2.72. The van der Waals surface area contributed by atoms with Gasteiger partial charge >= 0.3 is 10.1 Å². The number of nitrogens with one attached hydrogen (secondary N) is 1. The first-order valence-corrected chi connectivity index (χ1v) is 9.48. The molecule has 0 spiro atoms. The molecule has 1 N–H and O–H groups in total. The molecule has 138 valence electrons. The fourth-order valence-electron chi connectivity index (χ4n) is 2.39. The molecular formula is C20H16FNO4S. The molecule has 0 saturated carbocycles. The van der Waals surface area contributed by atoms with Crippen molar-refractivity contribution in [1.29, 1.82) is 0 Å². The van der Waals surface area contributed by atoms with Gasteiger partial charge < -0.3 is 9.50 Å². The van der Waals surface area contributed by atoms with Crippen molar-refractivity contribution in [3.63, 3.8) is 0 Å². The van der Waals surface area contributed by atoms with Gasteiger partial charge in [-0.25, -0.2) is 4.39 Å². The van der Waals surface area contributed by atoms with Crippen molar-refractivity contribution in [3.8, 4) is 5.75 Å². The number of carbonyl (C=O) groups excluding carboxylic acids is 1. The van der Waals surface area contributed by atoms with Gasteiger partial charge in [0.15, 0.2) is 5.75 Å². The van der Waals surface area contributed by atoms with Crippen LogP contribution in [0.25, 0.3) is 0 Å². The molecule has 0 aliphatic heterocycles. The van der Waals surface area contributed by atoms with Gasteiger partial charge in [0.2, 0.25) is 0 Å². The van der Waals surface area contributed by atoms with Crippen LogP contribution in [0.3, 0.4) is 0 Å². The van der Waals surface area contributed by atoms with Crippen LogP contribution in [0.5, 0.6) is 5.75 Å². The predicted molar refractivity (Wildman–Crippen MR) is 98.3 cm³/mol. The molecule has 0 bridgehead atoms. The van der Waals surface area contributed by atoms with E-state index in [1.807, 2.05) is 30.3 Å². The smallest absolute Gasteiger partial charge is 0.339 e. The van der Waals surface area contributed by atoms with Crippen LogP contribution >= 0.6 is 0 Å². The summed E-state index contributed by atoms with van der Waals surface area (Å²) in [7, 11) is -4.28. The van der Waals surface area contributed by atoms with E-state index in [0.29, 0.717) is 0 Å². The lowest BCUT2D eigenvalue weighted by atomic mass is 10.1. The van der Waals surface area contributed by atoms with Crippen LogP contribution in [0.4, 0.5) is 4.39 Å². The summed E-state index contributed by atoms with van der Waals surface area (Å²) in [4.78, 5) is 12.1. The molecule has 7 heteroatoms. The predicted octanol–water partition coefficient (Wildman–Crippen LogP) is 3.52. The van der Waals surface area contributed by atoms with Crippen LogP contribution < -0.4 is 9.50 Å². The van der Waals surface area contributed by atoms with E-state index >= 15 is 0 Å². The fraction of sp³-hybridized carbons (Fsp3) is 0.0500. The third-order valence-corrected chi connectivity index (χ3v) is 4.94. The largest absolute Gasteiger partial charge is 0.378 e. The van der Waals surface area contributed by atoms with Gasteiger partial charge in [-0.15, -0.1) is 0 Å². The van der Waals surface area contributed by atoms with Crippen LogP contribution in [-0.2, 0) is 16.7 Å². The Morgan fingerprint density at radius 3 is 2.37 bits per heavy atom. The lowest BCUT2D eigenvalue weighted by molar-refractivity contribution is 0.0949. The van der Waals surface area contributed by atoms with E-state index in [1.165, 1.54) is 24.3 Å². The summed E-state index contributed by atoms with van der Waals surface area (Å²) >= 11 is 0. The van der Waals surface area contributed by atoms with Gasteiger partial charge in [0.1, 0.15) is 10.7 Å². The first-order chi connectivity index (χ1) is 13.0. The maximum Gasteiger partial charge on any atom is 0.339 e. The number of halogens is 1. The molecule has 0 fully saturated rings. The van der Waals surface area contributed by atoms with Gasteiger partial charge in [-0.3, -0.25) is 4.79 Å². The Labute approximate surface area is 156 Å². The molecule has 5 nitrogen and oxygen atoms in total. The Bertz CT molecular complexity index is 1050. The Hall–Kier alpha value is -3.19. The van der Waals surface area contributed by atoms with E-state index in [0.717, 1.165) is 17.7 Å². The van der Waals surface area contributed by atoms with Crippen LogP contribution in [0.1, 0.15) is 15.9 Å². The SMILES string of the molecule is O=C(NCc1ccccc1)c1ccccc1OS(=O)(=O)c1cccc(F)c1. The first kappa shape index (κ1) is 18.6. The maximum atomic E-state index is 13.3. The van der Waals surface area contributed by atoms with Crippen LogP contribution in [0.2, 0.25) is 0 Å². The summed E-state index contributed by atoms with van der Waals surface area (Å²) < 4.78 is 43.2. The minimum atomic E-state index is -4.28. The summed E-state index contributed by atoms with van der Waals surface area (Å²) in [5.74, 6) is -1.32. The molecule has 0 aliphatic rings. The standard InChI is InChI=1S/C20H16FNO4S/c21-16-9-6-10-17(13-16)27(24,25)26-19-12-5-4-11-18(19)20(23)22-14-15-7-2-1-3-8-15/h1-13H,14H2,(H,22,23). The van der Waals surface area contributed by atoms with Gasteiger partial charge in [0.05, 0.1) is 5.56 Å². The van der Waals surface area contributed by atoms with Crippen molar-refractivity contribution in [2.24, 2.45) is 0 Å². The molecule has 3 rings (SSSR count). The lowest BCUT2D eigenvalue weighted by Crippen LogP contribution is -2.24. The Morgan fingerprint density at radius 2 is 1.63 bits per heavy atom. The van der Waals surface area contributed by atoms with E-state index in [-0.39, 0.29) is 22.8 Å². The normalized spacial score (nSPS) is 11.0. The lowest BCUT2D eigenvalue weighted by Gasteiger charge is -2.12. The maximum absolute atomic E-state index is 13.3. The topological polar surface area (TPSA) is 72.5 Å². The molecule has 3 aromatic carbocycles. The van der Waals surface area contributed by atoms with Gasteiger partial charge in [0, 0.05) is 6.54 Å². The number of hydrogen-bond acceptors (Lipinski definition) is 4. The quantitative estimate of drug-likeness (QED) is 0.659. The van der Waals surface area contributed by atoms with E-state index in [1.54, 1.807) is 12.1 Å². The number of carbonyl (C=O) groups is 1. The van der Waals surface area contributed by atoms with Crippen molar-refractivity contribution in [2.75, 3.05) is 0 Å². The van der Waals surface area contributed by atoms with Crippen molar-refractivity contribution < 1.29 is 21.8 Å². The monoisotopic (exact) mass is 385 g/mol. The first-order valence-electron chi connectivity index (χ1n) is 8.07. The van der Waals surface area contributed by atoms with E-state index in [2.05, 4.69) is 5.32 Å². The van der Waals surface area contributed by atoms with Crippen molar-refractivity contribution in [2.45, 2.75) is 11.4 Å². The van der Waals surface area contributed by atoms with Gasteiger partial charge in [-0.1, -0.05) is 48.5 Å². The van der Waals surface area contributed by atoms with E-state index < -0.39 is 21.8 Å². The fourth-order valence-corrected chi connectivity index (χ4v) is 3.37. The second-order valence-corrected chi connectivity index (χ2v) is 7.21. The summed E-state index contributed by atoms with van der Waals surface area (Å²) in [6.45, 7) is 0.282. The molecule has 0 unspecified atom stereocenters.